The Morgan fingerprint density at radius 2 is 2.35 bits per heavy atom. The molecule has 2 N–H and O–H groups in total. The SMILES string of the molecule is Cc1cc(CC(C)N)cnc1N1CCC(C)C1. The normalized spacial score (nSPS) is 21.9. The van der Waals surface area contributed by atoms with E-state index in [2.05, 4.69) is 29.8 Å². The highest BCUT2D eigenvalue weighted by atomic mass is 15.2. The van der Waals surface area contributed by atoms with Gasteiger partial charge >= 0.3 is 0 Å². The van der Waals surface area contributed by atoms with Gasteiger partial charge in [0.25, 0.3) is 0 Å². The van der Waals surface area contributed by atoms with Crippen LogP contribution in [-0.4, -0.2) is 24.1 Å². The van der Waals surface area contributed by atoms with Crippen molar-refractivity contribution in [3.05, 3.63) is 23.4 Å². The molecule has 0 saturated carbocycles. The molecule has 1 aromatic rings. The van der Waals surface area contributed by atoms with E-state index in [-0.39, 0.29) is 6.04 Å². The second kappa shape index (κ2) is 5.05. The van der Waals surface area contributed by atoms with E-state index < -0.39 is 0 Å². The largest absolute Gasteiger partial charge is 0.356 e. The minimum Gasteiger partial charge on any atom is -0.356 e. The molecule has 0 aliphatic carbocycles. The van der Waals surface area contributed by atoms with Crippen molar-refractivity contribution in [1.82, 2.24) is 4.98 Å². The van der Waals surface area contributed by atoms with Crippen molar-refractivity contribution < 1.29 is 0 Å². The Kier molecular flexibility index (Phi) is 3.67. The summed E-state index contributed by atoms with van der Waals surface area (Å²) in [7, 11) is 0. The molecule has 1 aliphatic heterocycles. The van der Waals surface area contributed by atoms with Crippen molar-refractivity contribution >= 4 is 5.82 Å². The van der Waals surface area contributed by atoms with Gasteiger partial charge in [0, 0.05) is 25.3 Å². The number of hydrogen-bond donors (Lipinski definition) is 1. The Hall–Kier alpha value is -1.09. The molecule has 2 rings (SSSR count). The van der Waals surface area contributed by atoms with Crippen LogP contribution < -0.4 is 10.6 Å². The lowest BCUT2D eigenvalue weighted by molar-refractivity contribution is 0.658. The highest BCUT2D eigenvalue weighted by Crippen LogP contribution is 2.25. The van der Waals surface area contributed by atoms with E-state index in [9.17, 15) is 0 Å². The molecule has 0 aromatic carbocycles. The summed E-state index contributed by atoms with van der Waals surface area (Å²) in [6.45, 7) is 8.77. The molecule has 1 aromatic heterocycles. The van der Waals surface area contributed by atoms with Crippen LogP contribution in [0.3, 0.4) is 0 Å². The van der Waals surface area contributed by atoms with Crippen LogP contribution in [0.25, 0.3) is 0 Å². The lowest BCUT2D eigenvalue weighted by Crippen LogP contribution is -2.22. The predicted octanol–water partition coefficient (Wildman–Crippen LogP) is 2.13. The van der Waals surface area contributed by atoms with Gasteiger partial charge in [-0.2, -0.15) is 0 Å². The van der Waals surface area contributed by atoms with E-state index >= 15 is 0 Å². The second-order valence-electron chi connectivity index (χ2n) is 5.51. The maximum absolute atomic E-state index is 5.81. The Morgan fingerprint density at radius 1 is 1.59 bits per heavy atom. The van der Waals surface area contributed by atoms with Gasteiger partial charge in [-0.1, -0.05) is 13.0 Å². The quantitative estimate of drug-likeness (QED) is 0.869. The molecule has 3 heteroatoms. The number of hydrogen-bond acceptors (Lipinski definition) is 3. The molecule has 1 fully saturated rings. The van der Waals surface area contributed by atoms with Crippen LogP contribution in [0.1, 0.15) is 31.4 Å². The Morgan fingerprint density at radius 3 is 2.88 bits per heavy atom. The molecular weight excluding hydrogens is 210 g/mol. The zero-order chi connectivity index (χ0) is 12.4. The van der Waals surface area contributed by atoms with E-state index in [4.69, 9.17) is 5.73 Å². The molecule has 2 heterocycles. The molecule has 2 atom stereocenters. The first-order valence-corrected chi connectivity index (χ1v) is 6.52. The third-order valence-electron chi connectivity index (χ3n) is 3.39. The topological polar surface area (TPSA) is 42.1 Å². The van der Waals surface area contributed by atoms with Gasteiger partial charge in [-0.05, 0) is 43.7 Å². The molecule has 3 nitrogen and oxygen atoms in total. The smallest absolute Gasteiger partial charge is 0.131 e. The van der Waals surface area contributed by atoms with Crippen LogP contribution in [0.5, 0.6) is 0 Å². The second-order valence-corrected chi connectivity index (χ2v) is 5.51. The van der Waals surface area contributed by atoms with E-state index in [0.717, 1.165) is 31.2 Å². The molecule has 17 heavy (non-hydrogen) atoms. The van der Waals surface area contributed by atoms with Gasteiger partial charge in [0.05, 0.1) is 0 Å². The lowest BCUT2D eigenvalue weighted by atomic mass is 10.1. The standard InChI is InChI=1S/C14H23N3/c1-10-4-5-17(9-10)14-11(2)6-13(8-16-14)7-12(3)15/h6,8,10,12H,4-5,7,9,15H2,1-3H3. The number of aryl methyl sites for hydroxylation is 1. The molecule has 0 bridgehead atoms. The first kappa shape index (κ1) is 12.4. The maximum Gasteiger partial charge on any atom is 0.131 e. The van der Waals surface area contributed by atoms with Gasteiger partial charge in [-0.3, -0.25) is 0 Å². The van der Waals surface area contributed by atoms with Gasteiger partial charge in [-0.25, -0.2) is 4.98 Å². The molecule has 94 valence electrons. The maximum atomic E-state index is 5.81. The third kappa shape index (κ3) is 2.97. The van der Waals surface area contributed by atoms with Gasteiger partial charge in [0.2, 0.25) is 0 Å². The average Bonchev–Trinajstić information content (AvgIpc) is 2.64. The molecule has 1 saturated heterocycles. The molecular formula is C14H23N3. The van der Waals surface area contributed by atoms with Crippen molar-refractivity contribution in [2.75, 3.05) is 18.0 Å². The van der Waals surface area contributed by atoms with Crippen molar-refractivity contribution in [1.29, 1.82) is 0 Å². The van der Waals surface area contributed by atoms with E-state index in [1.165, 1.54) is 17.5 Å². The summed E-state index contributed by atoms with van der Waals surface area (Å²) in [6, 6.07) is 2.43. The van der Waals surface area contributed by atoms with Crippen LogP contribution in [-0.2, 0) is 6.42 Å². The summed E-state index contributed by atoms with van der Waals surface area (Å²) in [5.74, 6) is 1.95. The minimum absolute atomic E-state index is 0.203. The summed E-state index contributed by atoms with van der Waals surface area (Å²) < 4.78 is 0. The fourth-order valence-electron chi connectivity index (χ4n) is 2.57. The fraction of sp³-hybridized carbons (Fsp3) is 0.643. The molecule has 2 unspecified atom stereocenters. The Labute approximate surface area is 104 Å². The monoisotopic (exact) mass is 233 g/mol. The number of pyridine rings is 1. The zero-order valence-electron chi connectivity index (χ0n) is 11.1. The van der Waals surface area contributed by atoms with E-state index in [1.807, 2.05) is 13.1 Å². The molecule has 1 aliphatic rings. The first-order valence-electron chi connectivity index (χ1n) is 6.52. The van der Waals surface area contributed by atoms with Crippen molar-refractivity contribution in [3.63, 3.8) is 0 Å². The van der Waals surface area contributed by atoms with Gasteiger partial charge in [0.15, 0.2) is 0 Å². The minimum atomic E-state index is 0.203. The van der Waals surface area contributed by atoms with Crippen molar-refractivity contribution in [3.8, 4) is 0 Å². The third-order valence-corrected chi connectivity index (χ3v) is 3.39. The van der Waals surface area contributed by atoms with Gasteiger partial charge < -0.3 is 10.6 Å². The van der Waals surface area contributed by atoms with Crippen molar-refractivity contribution in [2.45, 2.75) is 39.7 Å². The first-order chi connectivity index (χ1) is 8.06. The number of aromatic nitrogens is 1. The molecule has 0 radical (unpaired) electrons. The number of nitrogens with zero attached hydrogens (tertiary/aromatic N) is 2. The zero-order valence-corrected chi connectivity index (χ0v) is 11.1. The Balaban J connectivity index is 2.14. The van der Waals surface area contributed by atoms with E-state index in [1.54, 1.807) is 0 Å². The van der Waals surface area contributed by atoms with Crippen LogP contribution >= 0.6 is 0 Å². The molecule has 0 spiro atoms. The van der Waals surface area contributed by atoms with Gasteiger partial charge in [0.1, 0.15) is 5.82 Å². The van der Waals surface area contributed by atoms with Crippen LogP contribution in [0, 0.1) is 12.8 Å². The summed E-state index contributed by atoms with van der Waals surface area (Å²) in [4.78, 5) is 7.02. The van der Waals surface area contributed by atoms with Crippen LogP contribution in [0.4, 0.5) is 5.82 Å². The van der Waals surface area contributed by atoms with Gasteiger partial charge in [-0.15, -0.1) is 0 Å². The van der Waals surface area contributed by atoms with Crippen LogP contribution in [0.15, 0.2) is 12.3 Å². The predicted molar refractivity (Wildman–Crippen MR) is 72.3 cm³/mol. The number of rotatable bonds is 3. The average molecular weight is 233 g/mol. The highest BCUT2D eigenvalue weighted by Gasteiger charge is 2.21. The van der Waals surface area contributed by atoms with E-state index in [0.29, 0.717) is 0 Å². The van der Waals surface area contributed by atoms with Crippen molar-refractivity contribution in [2.24, 2.45) is 11.7 Å². The summed E-state index contributed by atoms with van der Waals surface area (Å²) >= 11 is 0. The Bertz CT molecular complexity index is 387. The number of anilines is 1. The summed E-state index contributed by atoms with van der Waals surface area (Å²) in [5, 5.41) is 0. The van der Waals surface area contributed by atoms with Crippen LogP contribution in [0.2, 0.25) is 0 Å². The number of nitrogens with two attached hydrogens (primary N) is 1. The summed E-state index contributed by atoms with van der Waals surface area (Å²) in [5.41, 5.74) is 8.33. The fourth-order valence-corrected chi connectivity index (χ4v) is 2.57. The lowest BCUT2D eigenvalue weighted by Gasteiger charge is -2.20. The molecule has 0 amide bonds. The summed E-state index contributed by atoms with van der Waals surface area (Å²) in [6.07, 6.45) is 4.17. The highest BCUT2D eigenvalue weighted by molar-refractivity contribution is 5.48.